The van der Waals surface area contributed by atoms with E-state index >= 15 is 0 Å². The van der Waals surface area contributed by atoms with E-state index in [0.717, 1.165) is 26.2 Å². The zero-order chi connectivity index (χ0) is 20.1. The van der Waals surface area contributed by atoms with E-state index in [0.29, 0.717) is 6.04 Å². The molecule has 0 aliphatic carbocycles. The Morgan fingerprint density at radius 3 is 1.93 bits per heavy atom. The molecule has 0 radical (unpaired) electrons. The summed E-state index contributed by atoms with van der Waals surface area (Å²) in [5.41, 5.74) is 0. The molecule has 0 spiro atoms. The maximum atomic E-state index is 12.2. The lowest BCUT2D eigenvalue weighted by molar-refractivity contribution is -0.132. The Hall–Kier alpha value is -0.620. The molecule has 1 fully saturated rings. The van der Waals surface area contributed by atoms with Crippen molar-refractivity contribution in [2.45, 2.75) is 90.5 Å². The van der Waals surface area contributed by atoms with Gasteiger partial charge in [0.2, 0.25) is 5.91 Å². The fourth-order valence-corrected chi connectivity index (χ4v) is 4.44. The van der Waals surface area contributed by atoms with Crippen molar-refractivity contribution in [3.8, 4) is 0 Å². The first kappa shape index (κ1) is 24.4. The summed E-state index contributed by atoms with van der Waals surface area (Å²) >= 11 is 0. The quantitative estimate of drug-likeness (QED) is 0.414. The molecule has 0 saturated carbocycles. The van der Waals surface area contributed by atoms with E-state index in [1.54, 1.807) is 0 Å². The molecule has 1 unspecified atom stereocenters. The van der Waals surface area contributed by atoms with Gasteiger partial charge in [0.25, 0.3) is 0 Å². The highest BCUT2D eigenvalue weighted by Crippen LogP contribution is 2.19. The van der Waals surface area contributed by atoms with Crippen LogP contribution in [0.4, 0.5) is 0 Å². The molecule has 1 aliphatic heterocycles. The number of hydrogen-bond acceptors (Lipinski definition) is 4. The summed E-state index contributed by atoms with van der Waals surface area (Å²) < 4.78 is 22.5. The highest BCUT2D eigenvalue weighted by molar-refractivity contribution is 7.90. The first-order valence-corrected chi connectivity index (χ1v) is 13.1. The molecule has 27 heavy (non-hydrogen) atoms. The molecule has 6 heteroatoms. The van der Waals surface area contributed by atoms with Gasteiger partial charge in [-0.2, -0.15) is 0 Å². The second-order valence-corrected chi connectivity index (χ2v) is 10.4. The minimum atomic E-state index is -3.07. The van der Waals surface area contributed by atoms with Gasteiger partial charge in [0, 0.05) is 44.9 Å². The van der Waals surface area contributed by atoms with E-state index in [4.69, 9.17) is 0 Å². The molecular weight excluding hydrogens is 360 g/mol. The molecular formula is C21H42N2O3S. The number of sulfone groups is 1. The molecule has 0 bridgehead atoms. The summed E-state index contributed by atoms with van der Waals surface area (Å²) in [7, 11) is -3.07. The molecule has 0 aromatic heterocycles. The molecule has 1 rings (SSSR count). The van der Waals surface area contributed by atoms with Gasteiger partial charge in [0.1, 0.15) is 9.84 Å². The summed E-state index contributed by atoms with van der Waals surface area (Å²) in [6, 6.07) is 0.645. The van der Waals surface area contributed by atoms with Gasteiger partial charge >= 0.3 is 0 Å². The minimum absolute atomic E-state index is 0.0119. The molecule has 0 aromatic rings. The molecule has 0 aromatic carbocycles. The maximum absolute atomic E-state index is 12.2. The van der Waals surface area contributed by atoms with E-state index in [1.807, 2.05) is 4.90 Å². The van der Waals surface area contributed by atoms with Crippen LogP contribution in [0.25, 0.3) is 0 Å². The first-order chi connectivity index (χ1) is 12.9. The lowest BCUT2D eigenvalue weighted by Crippen LogP contribution is -2.52. The van der Waals surface area contributed by atoms with Crippen LogP contribution in [0.3, 0.4) is 0 Å². The van der Waals surface area contributed by atoms with Crippen LogP contribution in [0.5, 0.6) is 0 Å². The van der Waals surface area contributed by atoms with Crippen molar-refractivity contribution in [2.75, 3.05) is 38.2 Å². The van der Waals surface area contributed by atoms with Crippen molar-refractivity contribution in [3.05, 3.63) is 0 Å². The van der Waals surface area contributed by atoms with Crippen LogP contribution < -0.4 is 0 Å². The van der Waals surface area contributed by atoms with Gasteiger partial charge in [0.15, 0.2) is 0 Å². The van der Waals surface area contributed by atoms with E-state index < -0.39 is 9.84 Å². The predicted molar refractivity (Wildman–Crippen MR) is 114 cm³/mol. The summed E-state index contributed by atoms with van der Waals surface area (Å²) in [6.45, 7) is 7.84. The topological polar surface area (TPSA) is 57.7 Å². The second-order valence-electron chi connectivity index (χ2n) is 8.15. The predicted octanol–water partition coefficient (Wildman–Crippen LogP) is 3.87. The van der Waals surface area contributed by atoms with Crippen LogP contribution in [0.2, 0.25) is 0 Å². The number of carbonyl (C=O) groups excluding carboxylic acids is 1. The second kappa shape index (κ2) is 13.5. The average Bonchev–Trinajstić information content (AvgIpc) is 2.64. The maximum Gasteiger partial charge on any atom is 0.223 e. The molecule has 1 aliphatic rings. The van der Waals surface area contributed by atoms with Crippen molar-refractivity contribution in [1.82, 2.24) is 9.80 Å². The average molecular weight is 403 g/mol. The van der Waals surface area contributed by atoms with Crippen LogP contribution in [0, 0.1) is 0 Å². The van der Waals surface area contributed by atoms with Crippen LogP contribution in [0.1, 0.15) is 84.5 Å². The van der Waals surface area contributed by atoms with Gasteiger partial charge in [-0.3, -0.25) is 9.69 Å². The highest BCUT2D eigenvalue weighted by Gasteiger charge is 2.26. The Kier molecular flexibility index (Phi) is 12.2. The van der Waals surface area contributed by atoms with Gasteiger partial charge < -0.3 is 4.90 Å². The molecule has 1 saturated heterocycles. The fraction of sp³-hybridized carbons (Fsp3) is 0.952. The van der Waals surface area contributed by atoms with Crippen molar-refractivity contribution < 1.29 is 13.2 Å². The molecule has 1 atom stereocenters. The third kappa shape index (κ3) is 11.1. The largest absolute Gasteiger partial charge is 0.340 e. The molecule has 0 N–H and O–H groups in total. The molecule has 1 amide bonds. The SMILES string of the molecule is CCCCCCCC(CCCCC)N1CCN(C(=O)CCS(C)(=O)=O)CC1. The standard InChI is InChI=1S/C21H42N2O3S/c1-4-6-8-9-11-13-20(12-10-7-5-2)22-15-17-23(18-16-22)21(24)14-19-27(3,25)26/h20H,4-19H2,1-3H3. The number of hydrogen-bond donors (Lipinski definition) is 0. The Bertz CT molecular complexity index is 500. The van der Waals surface area contributed by atoms with E-state index in [2.05, 4.69) is 18.7 Å². The first-order valence-electron chi connectivity index (χ1n) is 11.1. The molecule has 5 nitrogen and oxygen atoms in total. The Labute approximate surface area is 167 Å². The molecule has 160 valence electrons. The third-order valence-electron chi connectivity index (χ3n) is 5.65. The number of nitrogens with zero attached hydrogens (tertiary/aromatic N) is 2. The van der Waals surface area contributed by atoms with Gasteiger partial charge in [-0.05, 0) is 12.8 Å². The number of rotatable bonds is 14. The zero-order valence-electron chi connectivity index (χ0n) is 17.9. The normalized spacial score (nSPS) is 17.2. The lowest BCUT2D eigenvalue weighted by atomic mass is 9.99. The summed E-state index contributed by atoms with van der Waals surface area (Å²) in [5.74, 6) is -0.0501. The smallest absolute Gasteiger partial charge is 0.223 e. The third-order valence-corrected chi connectivity index (χ3v) is 6.60. The number of carbonyl (C=O) groups is 1. The lowest BCUT2D eigenvalue weighted by Gasteiger charge is -2.39. The summed E-state index contributed by atoms with van der Waals surface area (Å²) in [4.78, 5) is 16.7. The van der Waals surface area contributed by atoms with Gasteiger partial charge in [0.05, 0.1) is 5.75 Å². The van der Waals surface area contributed by atoms with Gasteiger partial charge in [-0.25, -0.2) is 8.42 Å². The van der Waals surface area contributed by atoms with E-state index in [-0.39, 0.29) is 18.1 Å². The summed E-state index contributed by atoms with van der Waals surface area (Å²) in [6.07, 6.45) is 14.3. The van der Waals surface area contributed by atoms with Crippen LogP contribution in [-0.2, 0) is 14.6 Å². The van der Waals surface area contributed by atoms with Crippen LogP contribution in [-0.4, -0.2) is 68.4 Å². The van der Waals surface area contributed by atoms with Crippen molar-refractivity contribution in [1.29, 1.82) is 0 Å². The Morgan fingerprint density at radius 1 is 0.852 bits per heavy atom. The van der Waals surface area contributed by atoms with Gasteiger partial charge in [-0.1, -0.05) is 65.2 Å². The molecule has 1 heterocycles. The fourth-order valence-electron chi connectivity index (χ4n) is 3.89. The highest BCUT2D eigenvalue weighted by atomic mass is 32.2. The van der Waals surface area contributed by atoms with Crippen molar-refractivity contribution in [3.63, 3.8) is 0 Å². The minimum Gasteiger partial charge on any atom is -0.340 e. The van der Waals surface area contributed by atoms with Crippen molar-refractivity contribution in [2.24, 2.45) is 0 Å². The van der Waals surface area contributed by atoms with Gasteiger partial charge in [-0.15, -0.1) is 0 Å². The Morgan fingerprint density at radius 2 is 1.37 bits per heavy atom. The number of amides is 1. The van der Waals surface area contributed by atoms with Crippen LogP contribution in [0.15, 0.2) is 0 Å². The van der Waals surface area contributed by atoms with E-state index in [9.17, 15) is 13.2 Å². The van der Waals surface area contributed by atoms with E-state index in [1.165, 1.54) is 70.5 Å². The number of unbranched alkanes of at least 4 members (excludes halogenated alkanes) is 6. The number of piperazine rings is 1. The zero-order valence-corrected chi connectivity index (χ0v) is 18.7. The monoisotopic (exact) mass is 402 g/mol. The summed E-state index contributed by atoms with van der Waals surface area (Å²) in [5, 5.41) is 0. The van der Waals surface area contributed by atoms with Crippen molar-refractivity contribution >= 4 is 15.7 Å². The Balaban J connectivity index is 2.42. The van der Waals surface area contributed by atoms with Crippen LogP contribution >= 0.6 is 0 Å².